The van der Waals surface area contributed by atoms with Crippen LogP contribution in [-0.2, 0) is 14.3 Å². The second-order valence-electron chi connectivity index (χ2n) is 7.67. The lowest BCUT2D eigenvalue weighted by atomic mass is 10.2. The van der Waals surface area contributed by atoms with Crippen LogP contribution >= 0.6 is 23.5 Å². The Morgan fingerprint density at radius 1 is 1.26 bits per heavy atom. The summed E-state index contributed by atoms with van der Waals surface area (Å²) in [5, 5.41) is 0.739. The van der Waals surface area contributed by atoms with Crippen LogP contribution < -0.4 is 0 Å². The number of benzene rings is 1. The third-order valence-corrected chi connectivity index (χ3v) is 5.74. The third kappa shape index (κ3) is 5.02. The number of carbonyl (C=O) groups excluding carboxylic acids is 3. The monoisotopic (exact) mass is 457 g/mol. The minimum atomic E-state index is -0.698. The molecule has 1 saturated heterocycles. The van der Waals surface area contributed by atoms with Crippen molar-refractivity contribution in [2.75, 3.05) is 6.54 Å². The second kappa shape index (κ2) is 8.27. The molecule has 4 rings (SSSR count). The zero-order valence-electron chi connectivity index (χ0n) is 17.0. The molecule has 0 atom stereocenters. The van der Waals surface area contributed by atoms with E-state index >= 15 is 0 Å². The predicted molar refractivity (Wildman–Crippen MR) is 117 cm³/mol. The third-order valence-electron chi connectivity index (χ3n) is 4.02. The van der Waals surface area contributed by atoms with Gasteiger partial charge in [-0.05, 0) is 68.6 Å². The Morgan fingerprint density at radius 3 is 2.77 bits per heavy atom. The SMILES string of the molecule is CC(C)(C)OC(=O)CN1C(=O)S/C(=C/c2ccc(Sc3nc4ccccc4[nH]3)o2)C1=O. The molecule has 31 heavy (non-hydrogen) atoms. The molecule has 0 bridgehead atoms. The Labute approximate surface area is 186 Å². The molecular formula is C21H19N3O5S2. The summed E-state index contributed by atoms with van der Waals surface area (Å²) in [6, 6.07) is 11.2. The van der Waals surface area contributed by atoms with Gasteiger partial charge in [0.05, 0.1) is 15.9 Å². The summed E-state index contributed by atoms with van der Waals surface area (Å²) in [7, 11) is 0. The number of H-pyrrole nitrogens is 1. The number of nitrogens with one attached hydrogen (secondary N) is 1. The lowest BCUT2D eigenvalue weighted by Crippen LogP contribution is -2.37. The van der Waals surface area contributed by atoms with Gasteiger partial charge in [-0.1, -0.05) is 12.1 Å². The van der Waals surface area contributed by atoms with Crippen molar-refractivity contribution in [3.8, 4) is 0 Å². The Balaban J connectivity index is 1.44. The van der Waals surface area contributed by atoms with E-state index in [9.17, 15) is 14.4 Å². The van der Waals surface area contributed by atoms with Gasteiger partial charge >= 0.3 is 5.97 Å². The quantitative estimate of drug-likeness (QED) is 0.435. The first-order chi connectivity index (χ1) is 14.7. The molecule has 2 aromatic heterocycles. The number of hydrogen-bond acceptors (Lipinski definition) is 8. The lowest BCUT2D eigenvalue weighted by molar-refractivity contribution is -0.156. The molecule has 10 heteroatoms. The molecule has 2 amide bonds. The standard InChI is InChI=1S/C21H19N3O5S2/c1-21(2,3)29-16(25)11-24-18(26)15(30-20(24)27)10-12-8-9-17(28-12)31-19-22-13-6-4-5-7-14(13)23-19/h4-10H,11H2,1-3H3,(H,22,23)/b15-10+. The van der Waals surface area contributed by atoms with E-state index in [1.807, 2.05) is 24.3 Å². The minimum Gasteiger partial charge on any atom is -0.459 e. The highest BCUT2D eigenvalue weighted by Crippen LogP contribution is 2.34. The number of furan rings is 1. The predicted octanol–water partition coefficient (Wildman–Crippen LogP) is 4.69. The summed E-state index contributed by atoms with van der Waals surface area (Å²) in [6.07, 6.45) is 1.49. The Kier molecular flexibility index (Phi) is 5.67. The van der Waals surface area contributed by atoms with Gasteiger partial charge in [0.1, 0.15) is 17.9 Å². The number of aromatic nitrogens is 2. The van der Waals surface area contributed by atoms with Crippen molar-refractivity contribution >= 4 is 57.7 Å². The van der Waals surface area contributed by atoms with E-state index in [1.54, 1.807) is 32.9 Å². The molecule has 1 fully saturated rings. The summed E-state index contributed by atoms with van der Waals surface area (Å²) < 4.78 is 10.9. The van der Waals surface area contributed by atoms with Crippen molar-refractivity contribution < 1.29 is 23.5 Å². The molecule has 0 saturated carbocycles. The zero-order valence-corrected chi connectivity index (χ0v) is 18.6. The van der Waals surface area contributed by atoms with Gasteiger partial charge in [0.15, 0.2) is 10.2 Å². The van der Waals surface area contributed by atoms with Crippen LogP contribution in [0.1, 0.15) is 26.5 Å². The highest BCUT2D eigenvalue weighted by Gasteiger charge is 2.37. The molecule has 0 aliphatic carbocycles. The van der Waals surface area contributed by atoms with E-state index < -0.39 is 29.3 Å². The van der Waals surface area contributed by atoms with E-state index in [0.717, 1.165) is 27.7 Å². The molecule has 1 aliphatic heterocycles. The van der Waals surface area contributed by atoms with Gasteiger partial charge in [0, 0.05) is 6.08 Å². The first-order valence-electron chi connectivity index (χ1n) is 9.37. The maximum absolute atomic E-state index is 12.6. The molecule has 0 spiro atoms. The van der Waals surface area contributed by atoms with Crippen molar-refractivity contribution in [3.63, 3.8) is 0 Å². The number of imide groups is 1. The topological polar surface area (TPSA) is 106 Å². The van der Waals surface area contributed by atoms with Gasteiger partial charge in [0.2, 0.25) is 0 Å². The number of nitrogens with zero attached hydrogens (tertiary/aromatic N) is 2. The largest absolute Gasteiger partial charge is 0.459 e. The first kappa shape index (κ1) is 21.3. The van der Waals surface area contributed by atoms with Gasteiger partial charge in [-0.3, -0.25) is 19.3 Å². The fourth-order valence-corrected chi connectivity index (χ4v) is 4.40. The molecule has 0 unspecified atom stereocenters. The van der Waals surface area contributed by atoms with Crippen LogP contribution in [0.4, 0.5) is 4.79 Å². The van der Waals surface area contributed by atoms with Gasteiger partial charge in [-0.2, -0.15) is 0 Å². The average molecular weight is 458 g/mol. The summed E-state index contributed by atoms with van der Waals surface area (Å²) in [5.74, 6) is -0.774. The van der Waals surface area contributed by atoms with Gasteiger partial charge in [-0.15, -0.1) is 0 Å². The molecule has 1 aromatic carbocycles. The molecule has 160 valence electrons. The molecule has 8 nitrogen and oxygen atoms in total. The fraction of sp³-hybridized carbons (Fsp3) is 0.238. The van der Waals surface area contributed by atoms with E-state index in [0.29, 0.717) is 16.0 Å². The molecule has 3 heterocycles. The summed E-state index contributed by atoms with van der Waals surface area (Å²) >= 11 is 2.07. The molecule has 3 aromatic rings. The number of aromatic amines is 1. The summed E-state index contributed by atoms with van der Waals surface area (Å²) in [5.41, 5.74) is 1.09. The number of ether oxygens (including phenoxy) is 1. The Bertz CT molecular complexity index is 1170. The first-order valence-corrected chi connectivity index (χ1v) is 11.0. The number of hydrogen-bond donors (Lipinski definition) is 1. The molecule has 0 radical (unpaired) electrons. The summed E-state index contributed by atoms with van der Waals surface area (Å²) in [6.45, 7) is 4.73. The molecule has 1 aliphatic rings. The van der Waals surface area contributed by atoms with Gasteiger partial charge < -0.3 is 14.1 Å². The molecule has 1 N–H and O–H groups in total. The van der Waals surface area contributed by atoms with Crippen LogP contribution in [0.3, 0.4) is 0 Å². The van der Waals surface area contributed by atoms with Crippen molar-refractivity contribution in [1.29, 1.82) is 0 Å². The maximum atomic E-state index is 12.6. The van der Waals surface area contributed by atoms with Crippen LogP contribution in [0.25, 0.3) is 17.1 Å². The number of rotatable bonds is 5. The maximum Gasteiger partial charge on any atom is 0.326 e. The van der Waals surface area contributed by atoms with Gasteiger partial charge in [0.25, 0.3) is 11.1 Å². The average Bonchev–Trinajstić information content (AvgIpc) is 3.35. The number of imidazole rings is 1. The smallest absolute Gasteiger partial charge is 0.326 e. The number of para-hydroxylation sites is 2. The number of thioether (sulfide) groups is 1. The van der Waals surface area contributed by atoms with Crippen molar-refractivity contribution in [1.82, 2.24) is 14.9 Å². The normalized spacial score (nSPS) is 16.0. The highest BCUT2D eigenvalue weighted by atomic mass is 32.2. The van der Waals surface area contributed by atoms with Crippen molar-refractivity contribution in [2.45, 2.75) is 36.6 Å². The van der Waals surface area contributed by atoms with Crippen LogP contribution in [0, 0.1) is 0 Å². The van der Waals surface area contributed by atoms with E-state index in [2.05, 4.69) is 9.97 Å². The lowest BCUT2D eigenvalue weighted by Gasteiger charge is -2.21. The Morgan fingerprint density at radius 2 is 2.03 bits per heavy atom. The van der Waals surface area contributed by atoms with Crippen LogP contribution in [0.2, 0.25) is 0 Å². The van der Waals surface area contributed by atoms with E-state index in [1.165, 1.54) is 17.8 Å². The number of amides is 2. The van der Waals surface area contributed by atoms with Crippen LogP contribution in [0.5, 0.6) is 0 Å². The number of esters is 1. The number of fused-ring (bicyclic) bond motifs is 1. The zero-order chi connectivity index (χ0) is 22.2. The highest BCUT2D eigenvalue weighted by molar-refractivity contribution is 8.18. The Hall–Kier alpha value is -2.98. The van der Waals surface area contributed by atoms with Crippen molar-refractivity contribution in [3.05, 3.63) is 47.1 Å². The minimum absolute atomic E-state index is 0.184. The number of carbonyl (C=O) groups is 3. The fourth-order valence-electron chi connectivity index (χ4n) is 2.81. The van der Waals surface area contributed by atoms with E-state index in [-0.39, 0.29) is 4.91 Å². The van der Waals surface area contributed by atoms with Crippen LogP contribution in [0.15, 0.2) is 56.0 Å². The molecular weight excluding hydrogens is 438 g/mol. The summed E-state index contributed by atoms with van der Waals surface area (Å²) in [4.78, 5) is 45.5. The van der Waals surface area contributed by atoms with Crippen LogP contribution in [-0.4, -0.2) is 44.1 Å². The van der Waals surface area contributed by atoms with Crippen molar-refractivity contribution in [2.24, 2.45) is 0 Å². The van der Waals surface area contributed by atoms with Gasteiger partial charge in [-0.25, -0.2) is 4.98 Å². The van der Waals surface area contributed by atoms with E-state index in [4.69, 9.17) is 9.15 Å². The second-order valence-corrected chi connectivity index (χ2v) is 9.66.